The molecule has 0 N–H and O–H groups in total. The standard InChI is InChI=1S/C25H29F3N6O3/c1-14-12-31-19-15(2)18(16-6-10-33(11-7-16)23(36)37-24(3,4)5)22(35)34(21(19)32-14)13-17-20(25(26,27)28)30-9-8-29-17/h8-9,12,16H,6-7,10-11,13H2,1-5H3. The van der Waals surface area contributed by atoms with E-state index in [1.165, 1.54) is 4.57 Å². The molecule has 1 aliphatic rings. The fraction of sp³-hybridized carbons (Fsp3) is 0.520. The number of likely N-dealkylation sites (tertiary alicyclic amines) is 1. The van der Waals surface area contributed by atoms with Crippen LogP contribution in [-0.2, 0) is 17.5 Å². The number of carbonyl (C=O) groups is 1. The first kappa shape index (κ1) is 26.5. The van der Waals surface area contributed by atoms with Crippen molar-refractivity contribution in [2.24, 2.45) is 0 Å². The Labute approximate surface area is 211 Å². The van der Waals surface area contributed by atoms with Gasteiger partial charge in [-0.1, -0.05) is 0 Å². The van der Waals surface area contributed by atoms with Gasteiger partial charge in [0.05, 0.1) is 17.9 Å². The number of rotatable bonds is 3. The third kappa shape index (κ3) is 5.57. The van der Waals surface area contributed by atoms with Crippen molar-refractivity contribution in [3.63, 3.8) is 0 Å². The molecule has 0 bridgehead atoms. The molecule has 0 unspecified atom stereocenters. The van der Waals surface area contributed by atoms with Gasteiger partial charge in [-0.3, -0.25) is 19.3 Å². The zero-order valence-electron chi connectivity index (χ0n) is 21.4. The number of aromatic nitrogens is 5. The Bertz CT molecular complexity index is 1390. The fourth-order valence-electron chi connectivity index (χ4n) is 4.62. The average molecular weight is 519 g/mol. The van der Waals surface area contributed by atoms with Crippen molar-refractivity contribution >= 4 is 17.3 Å². The first-order valence-electron chi connectivity index (χ1n) is 12.0. The molecule has 1 fully saturated rings. The van der Waals surface area contributed by atoms with Gasteiger partial charge in [0.2, 0.25) is 0 Å². The summed E-state index contributed by atoms with van der Waals surface area (Å²) in [4.78, 5) is 44.2. The number of amides is 1. The lowest BCUT2D eigenvalue weighted by atomic mass is 9.87. The van der Waals surface area contributed by atoms with Crippen LogP contribution in [0.15, 0.2) is 23.4 Å². The van der Waals surface area contributed by atoms with Crippen LogP contribution < -0.4 is 5.56 Å². The van der Waals surface area contributed by atoms with Crippen molar-refractivity contribution in [1.82, 2.24) is 29.4 Å². The van der Waals surface area contributed by atoms with Gasteiger partial charge in [-0.2, -0.15) is 13.2 Å². The number of hydrogen-bond acceptors (Lipinski definition) is 7. The van der Waals surface area contributed by atoms with E-state index in [2.05, 4.69) is 19.9 Å². The van der Waals surface area contributed by atoms with Crippen LogP contribution in [0, 0.1) is 13.8 Å². The second-order valence-electron chi connectivity index (χ2n) is 10.2. The quantitative estimate of drug-likeness (QED) is 0.507. The number of halogens is 3. The van der Waals surface area contributed by atoms with Gasteiger partial charge in [0.25, 0.3) is 5.56 Å². The molecule has 0 radical (unpaired) electrons. The zero-order chi connectivity index (χ0) is 27.1. The summed E-state index contributed by atoms with van der Waals surface area (Å²) in [5.74, 6) is -0.214. The Kier molecular flexibility index (Phi) is 6.95. The number of hydrogen-bond donors (Lipinski definition) is 0. The lowest BCUT2D eigenvalue weighted by Gasteiger charge is -2.34. The molecule has 1 saturated heterocycles. The molecule has 3 aromatic rings. The van der Waals surface area contributed by atoms with Crippen LogP contribution in [0.2, 0.25) is 0 Å². The van der Waals surface area contributed by atoms with Gasteiger partial charge in [0.1, 0.15) is 11.1 Å². The van der Waals surface area contributed by atoms with Gasteiger partial charge in [-0.05, 0) is 58.9 Å². The summed E-state index contributed by atoms with van der Waals surface area (Å²) in [7, 11) is 0. The minimum Gasteiger partial charge on any atom is -0.444 e. The Morgan fingerprint density at radius 1 is 1.08 bits per heavy atom. The van der Waals surface area contributed by atoms with Gasteiger partial charge in [-0.15, -0.1) is 0 Å². The normalized spacial score (nSPS) is 15.3. The predicted octanol–water partition coefficient (Wildman–Crippen LogP) is 4.38. The van der Waals surface area contributed by atoms with Crippen LogP contribution in [0.1, 0.15) is 67.7 Å². The second kappa shape index (κ2) is 9.71. The number of pyridine rings is 1. The lowest BCUT2D eigenvalue weighted by molar-refractivity contribution is -0.142. The van der Waals surface area contributed by atoms with E-state index < -0.39 is 35.7 Å². The van der Waals surface area contributed by atoms with E-state index in [9.17, 15) is 22.8 Å². The smallest absolute Gasteiger partial charge is 0.435 e. The Balaban J connectivity index is 1.75. The third-order valence-electron chi connectivity index (χ3n) is 6.27. The molecule has 0 spiro atoms. The van der Waals surface area contributed by atoms with Crippen LogP contribution in [0.5, 0.6) is 0 Å². The molecule has 1 amide bonds. The lowest BCUT2D eigenvalue weighted by Crippen LogP contribution is -2.42. The largest absolute Gasteiger partial charge is 0.444 e. The van der Waals surface area contributed by atoms with Crippen molar-refractivity contribution in [2.45, 2.75) is 71.7 Å². The third-order valence-corrected chi connectivity index (χ3v) is 6.27. The molecule has 4 heterocycles. The number of piperidine rings is 1. The van der Waals surface area contributed by atoms with Gasteiger partial charge >= 0.3 is 12.3 Å². The first-order valence-corrected chi connectivity index (χ1v) is 12.0. The predicted molar refractivity (Wildman–Crippen MR) is 129 cm³/mol. The van der Waals surface area contributed by atoms with Crippen molar-refractivity contribution in [3.8, 4) is 0 Å². The maximum atomic E-state index is 13.8. The molecule has 0 aromatic carbocycles. The van der Waals surface area contributed by atoms with Gasteiger partial charge in [0, 0.05) is 37.2 Å². The number of nitrogens with zero attached hydrogens (tertiary/aromatic N) is 6. The van der Waals surface area contributed by atoms with E-state index in [4.69, 9.17) is 4.74 Å². The molecular formula is C25H29F3N6O3. The molecule has 1 aliphatic heterocycles. The van der Waals surface area contributed by atoms with Crippen molar-refractivity contribution < 1.29 is 22.7 Å². The highest BCUT2D eigenvalue weighted by atomic mass is 19.4. The van der Waals surface area contributed by atoms with Gasteiger partial charge in [0.15, 0.2) is 11.3 Å². The molecular weight excluding hydrogens is 489 g/mol. The first-order chi connectivity index (χ1) is 17.3. The minimum absolute atomic E-state index is 0.191. The maximum Gasteiger partial charge on any atom is 0.435 e. The van der Waals surface area contributed by atoms with E-state index in [1.54, 1.807) is 45.7 Å². The number of fused-ring (bicyclic) bond motifs is 1. The molecule has 0 atom stereocenters. The SMILES string of the molecule is Cc1cnc2c(C)c(C3CCN(C(=O)OC(C)(C)C)CC3)c(=O)n(Cc3nccnc3C(F)(F)F)c2n1. The summed E-state index contributed by atoms with van der Waals surface area (Å²) < 4.78 is 47.5. The van der Waals surface area contributed by atoms with Crippen molar-refractivity contribution in [2.75, 3.05) is 13.1 Å². The van der Waals surface area contributed by atoms with Gasteiger partial charge in [-0.25, -0.2) is 14.8 Å². The van der Waals surface area contributed by atoms with E-state index in [0.717, 1.165) is 12.4 Å². The van der Waals surface area contributed by atoms with E-state index >= 15 is 0 Å². The van der Waals surface area contributed by atoms with E-state index in [1.807, 2.05) is 0 Å². The van der Waals surface area contributed by atoms with Crippen LogP contribution >= 0.6 is 0 Å². The fourth-order valence-corrected chi connectivity index (χ4v) is 4.62. The summed E-state index contributed by atoms with van der Waals surface area (Å²) in [6, 6.07) is 0. The van der Waals surface area contributed by atoms with E-state index in [-0.39, 0.29) is 17.3 Å². The summed E-state index contributed by atoms with van der Waals surface area (Å²) in [5, 5.41) is 0. The molecule has 4 rings (SSSR count). The Morgan fingerprint density at radius 3 is 2.35 bits per heavy atom. The summed E-state index contributed by atoms with van der Waals surface area (Å²) >= 11 is 0. The van der Waals surface area contributed by atoms with Crippen molar-refractivity contribution in [3.05, 3.63) is 57.2 Å². The number of carbonyl (C=O) groups excluding carboxylic acids is 1. The molecule has 198 valence electrons. The zero-order valence-corrected chi connectivity index (χ0v) is 21.4. The van der Waals surface area contributed by atoms with Gasteiger partial charge < -0.3 is 9.64 Å². The molecule has 9 nitrogen and oxygen atoms in total. The monoisotopic (exact) mass is 518 g/mol. The number of alkyl halides is 3. The highest BCUT2D eigenvalue weighted by Crippen LogP contribution is 2.32. The molecule has 0 saturated carbocycles. The van der Waals surface area contributed by atoms with E-state index in [0.29, 0.717) is 48.3 Å². The van der Waals surface area contributed by atoms with Crippen LogP contribution in [0.25, 0.3) is 11.2 Å². The molecule has 37 heavy (non-hydrogen) atoms. The molecule has 3 aromatic heterocycles. The number of aryl methyl sites for hydroxylation is 2. The highest BCUT2D eigenvalue weighted by molar-refractivity contribution is 5.76. The second-order valence-corrected chi connectivity index (χ2v) is 10.2. The number of ether oxygens (including phenoxy) is 1. The Hall–Kier alpha value is -3.57. The highest BCUT2D eigenvalue weighted by Gasteiger charge is 2.37. The maximum absolute atomic E-state index is 13.8. The topological polar surface area (TPSA) is 103 Å². The minimum atomic E-state index is -4.73. The average Bonchev–Trinajstić information content (AvgIpc) is 2.80. The van der Waals surface area contributed by atoms with Crippen LogP contribution in [-0.4, -0.2) is 54.2 Å². The molecule has 12 heteroatoms. The van der Waals surface area contributed by atoms with Crippen LogP contribution in [0.3, 0.4) is 0 Å². The summed E-state index contributed by atoms with van der Waals surface area (Å²) in [6.45, 7) is 9.17. The molecule has 0 aliphatic carbocycles. The Morgan fingerprint density at radius 2 is 1.73 bits per heavy atom. The summed E-state index contributed by atoms with van der Waals surface area (Å²) in [5.41, 5.74) is -0.346. The summed E-state index contributed by atoms with van der Waals surface area (Å²) in [6.07, 6.45) is -0.457. The van der Waals surface area contributed by atoms with Crippen LogP contribution in [0.4, 0.5) is 18.0 Å². The van der Waals surface area contributed by atoms with Crippen molar-refractivity contribution in [1.29, 1.82) is 0 Å².